The summed E-state index contributed by atoms with van der Waals surface area (Å²) in [5.41, 5.74) is 1.11. The molecule has 3 rings (SSSR count). The standard InChI is InChI=1S/C22H22N4O6/c1-14(20(27)25-22(29)23-12-16-6-4-3-5-7-16)31-21(28)17-8-10-18(11-9-17)30-13-19-24-15(2)32-26-19/h3-11,14H,12-13H2,1-2H3,(H2,23,25,27,29). The molecule has 2 N–H and O–H groups in total. The van der Waals surface area contributed by atoms with Crippen molar-refractivity contribution in [1.82, 2.24) is 20.8 Å². The number of amides is 3. The summed E-state index contributed by atoms with van der Waals surface area (Å²) in [6.07, 6.45) is -1.16. The molecule has 1 heterocycles. The summed E-state index contributed by atoms with van der Waals surface area (Å²) in [5.74, 6) is -0.117. The summed E-state index contributed by atoms with van der Waals surface area (Å²) in [4.78, 5) is 40.3. The van der Waals surface area contributed by atoms with Gasteiger partial charge < -0.3 is 19.3 Å². The SMILES string of the molecule is Cc1nc(COc2ccc(C(=O)OC(C)C(=O)NC(=O)NCc3ccccc3)cc2)no1. The summed E-state index contributed by atoms with van der Waals surface area (Å²) < 4.78 is 15.5. The summed E-state index contributed by atoms with van der Waals surface area (Å²) in [6, 6.07) is 14.7. The molecule has 1 atom stereocenters. The van der Waals surface area contributed by atoms with Crippen LogP contribution in [0.3, 0.4) is 0 Å². The summed E-state index contributed by atoms with van der Waals surface area (Å²) in [7, 11) is 0. The Morgan fingerprint density at radius 3 is 2.44 bits per heavy atom. The van der Waals surface area contributed by atoms with Crippen LogP contribution in [0, 0.1) is 6.92 Å². The van der Waals surface area contributed by atoms with Gasteiger partial charge in [0.15, 0.2) is 12.7 Å². The summed E-state index contributed by atoms with van der Waals surface area (Å²) in [6.45, 7) is 3.43. The highest BCUT2D eigenvalue weighted by Gasteiger charge is 2.21. The molecular formula is C22H22N4O6. The van der Waals surface area contributed by atoms with Crippen molar-refractivity contribution in [3.8, 4) is 5.75 Å². The molecular weight excluding hydrogens is 416 g/mol. The molecule has 0 aliphatic heterocycles. The molecule has 0 aliphatic rings. The number of nitrogens with zero attached hydrogens (tertiary/aromatic N) is 2. The Labute approximate surface area is 183 Å². The first-order valence-electron chi connectivity index (χ1n) is 9.76. The van der Waals surface area contributed by atoms with Gasteiger partial charge in [-0.2, -0.15) is 4.98 Å². The van der Waals surface area contributed by atoms with E-state index in [-0.39, 0.29) is 18.7 Å². The van der Waals surface area contributed by atoms with E-state index in [1.807, 2.05) is 30.3 Å². The summed E-state index contributed by atoms with van der Waals surface area (Å²) >= 11 is 0. The van der Waals surface area contributed by atoms with E-state index in [1.165, 1.54) is 19.1 Å². The van der Waals surface area contributed by atoms with Crippen LogP contribution in [-0.4, -0.2) is 34.2 Å². The van der Waals surface area contributed by atoms with Crippen LogP contribution in [0.2, 0.25) is 0 Å². The minimum Gasteiger partial charge on any atom is -0.485 e. The number of esters is 1. The van der Waals surface area contributed by atoms with Gasteiger partial charge in [0.05, 0.1) is 5.56 Å². The Kier molecular flexibility index (Phi) is 7.52. The predicted octanol–water partition coefficient (Wildman–Crippen LogP) is 2.53. The van der Waals surface area contributed by atoms with Crippen molar-refractivity contribution in [2.45, 2.75) is 33.1 Å². The number of ether oxygens (including phenoxy) is 2. The van der Waals surface area contributed by atoms with Crippen molar-refractivity contribution in [1.29, 1.82) is 0 Å². The fraction of sp³-hybridized carbons (Fsp3) is 0.227. The Morgan fingerprint density at radius 2 is 1.78 bits per heavy atom. The second kappa shape index (κ2) is 10.7. The van der Waals surface area contributed by atoms with Crippen molar-refractivity contribution in [2.75, 3.05) is 0 Å². The molecule has 0 aliphatic carbocycles. The monoisotopic (exact) mass is 438 g/mol. The van der Waals surface area contributed by atoms with Crippen molar-refractivity contribution >= 4 is 17.9 Å². The lowest BCUT2D eigenvalue weighted by Gasteiger charge is -2.13. The highest BCUT2D eigenvalue weighted by Crippen LogP contribution is 2.15. The smallest absolute Gasteiger partial charge is 0.338 e. The van der Waals surface area contributed by atoms with Gasteiger partial charge in [0.2, 0.25) is 11.7 Å². The highest BCUT2D eigenvalue weighted by atomic mass is 16.5. The number of carbonyl (C=O) groups excluding carboxylic acids is 3. The van der Waals surface area contributed by atoms with Gasteiger partial charge in [-0.05, 0) is 36.8 Å². The third-order valence-corrected chi connectivity index (χ3v) is 4.21. The molecule has 2 aromatic carbocycles. The second-order valence-electron chi connectivity index (χ2n) is 6.75. The van der Waals surface area contributed by atoms with Crippen molar-refractivity contribution in [2.24, 2.45) is 0 Å². The van der Waals surface area contributed by atoms with E-state index >= 15 is 0 Å². The van der Waals surface area contributed by atoms with Gasteiger partial charge in [0.1, 0.15) is 5.75 Å². The predicted molar refractivity (Wildman–Crippen MR) is 112 cm³/mol. The summed E-state index contributed by atoms with van der Waals surface area (Å²) in [5, 5.41) is 8.43. The molecule has 3 amide bonds. The lowest BCUT2D eigenvalue weighted by Crippen LogP contribution is -2.44. The van der Waals surface area contributed by atoms with Crippen LogP contribution in [0.4, 0.5) is 4.79 Å². The van der Waals surface area contributed by atoms with E-state index in [9.17, 15) is 14.4 Å². The first-order chi connectivity index (χ1) is 15.4. The maximum Gasteiger partial charge on any atom is 0.338 e. The molecule has 166 valence electrons. The Bertz CT molecular complexity index is 1070. The Balaban J connectivity index is 1.43. The molecule has 3 aromatic rings. The molecule has 1 unspecified atom stereocenters. The fourth-order valence-corrected chi connectivity index (χ4v) is 2.55. The van der Waals surface area contributed by atoms with Crippen LogP contribution < -0.4 is 15.4 Å². The molecule has 0 bridgehead atoms. The third kappa shape index (κ3) is 6.66. The van der Waals surface area contributed by atoms with Gasteiger partial charge in [0.25, 0.3) is 5.91 Å². The first kappa shape index (κ1) is 22.5. The zero-order valence-corrected chi connectivity index (χ0v) is 17.5. The van der Waals surface area contributed by atoms with Gasteiger partial charge >= 0.3 is 12.0 Å². The lowest BCUT2D eigenvalue weighted by atomic mass is 10.2. The largest absolute Gasteiger partial charge is 0.485 e. The van der Waals surface area contributed by atoms with Crippen molar-refractivity contribution < 1.29 is 28.4 Å². The zero-order valence-electron chi connectivity index (χ0n) is 17.5. The molecule has 0 saturated heterocycles. The maximum atomic E-state index is 12.3. The zero-order chi connectivity index (χ0) is 22.9. The van der Waals surface area contributed by atoms with E-state index in [4.69, 9.17) is 14.0 Å². The quantitative estimate of drug-likeness (QED) is 0.513. The molecule has 1 aromatic heterocycles. The Hall–Kier alpha value is -4.21. The molecule has 0 radical (unpaired) electrons. The number of urea groups is 1. The minimum absolute atomic E-state index is 0.116. The number of hydrogen-bond donors (Lipinski definition) is 2. The molecule has 10 heteroatoms. The number of rotatable bonds is 8. The number of benzene rings is 2. The fourth-order valence-electron chi connectivity index (χ4n) is 2.55. The van der Waals surface area contributed by atoms with Gasteiger partial charge in [0, 0.05) is 13.5 Å². The van der Waals surface area contributed by atoms with Crippen LogP contribution in [-0.2, 0) is 22.7 Å². The number of aryl methyl sites for hydroxylation is 1. The molecule has 0 saturated carbocycles. The lowest BCUT2D eigenvalue weighted by molar-refractivity contribution is -0.127. The van der Waals surface area contributed by atoms with Crippen LogP contribution in [0.25, 0.3) is 0 Å². The average Bonchev–Trinajstić information content (AvgIpc) is 3.22. The third-order valence-electron chi connectivity index (χ3n) is 4.21. The number of hydrogen-bond acceptors (Lipinski definition) is 8. The van der Waals surface area contributed by atoms with E-state index < -0.39 is 24.0 Å². The number of imide groups is 1. The first-order valence-corrected chi connectivity index (χ1v) is 9.76. The van der Waals surface area contributed by atoms with Crippen LogP contribution in [0.15, 0.2) is 59.1 Å². The number of nitrogens with one attached hydrogen (secondary N) is 2. The highest BCUT2D eigenvalue weighted by molar-refractivity contribution is 5.98. The Morgan fingerprint density at radius 1 is 1.06 bits per heavy atom. The topological polar surface area (TPSA) is 133 Å². The van der Waals surface area contributed by atoms with E-state index in [0.717, 1.165) is 5.56 Å². The maximum absolute atomic E-state index is 12.3. The van der Waals surface area contributed by atoms with Crippen LogP contribution in [0.1, 0.15) is 34.6 Å². The molecule has 10 nitrogen and oxygen atoms in total. The van der Waals surface area contributed by atoms with Crippen LogP contribution >= 0.6 is 0 Å². The van der Waals surface area contributed by atoms with Crippen molar-refractivity contribution in [3.05, 3.63) is 77.4 Å². The van der Waals surface area contributed by atoms with Gasteiger partial charge in [-0.1, -0.05) is 35.5 Å². The van der Waals surface area contributed by atoms with E-state index in [0.29, 0.717) is 17.5 Å². The van der Waals surface area contributed by atoms with Gasteiger partial charge in [-0.3, -0.25) is 10.1 Å². The van der Waals surface area contributed by atoms with E-state index in [2.05, 4.69) is 20.8 Å². The van der Waals surface area contributed by atoms with Crippen LogP contribution in [0.5, 0.6) is 5.75 Å². The van der Waals surface area contributed by atoms with E-state index in [1.54, 1.807) is 19.1 Å². The van der Waals surface area contributed by atoms with Gasteiger partial charge in [-0.25, -0.2) is 9.59 Å². The number of carbonyl (C=O) groups is 3. The average molecular weight is 438 g/mol. The molecule has 0 fully saturated rings. The normalized spacial score (nSPS) is 11.3. The van der Waals surface area contributed by atoms with Crippen molar-refractivity contribution in [3.63, 3.8) is 0 Å². The molecule has 32 heavy (non-hydrogen) atoms. The minimum atomic E-state index is -1.16. The molecule has 0 spiro atoms. The number of aromatic nitrogens is 2. The van der Waals surface area contributed by atoms with Gasteiger partial charge in [-0.15, -0.1) is 0 Å². The second-order valence-corrected chi connectivity index (χ2v) is 6.75.